The second-order valence-electron chi connectivity index (χ2n) is 5.00. The molecule has 0 amide bonds. The molecule has 0 N–H and O–H groups in total. The van der Waals surface area contributed by atoms with Crippen molar-refractivity contribution in [3.8, 4) is 11.4 Å². The van der Waals surface area contributed by atoms with Crippen LogP contribution in [0.5, 0.6) is 0 Å². The van der Waals surface area contributed by atoms with Gasteiger partial charge in [0.05, 0.1) is 7.11 Å². The molecule has 0 aliphatic carbocycles. The average molecular weight is 313 g/mol. The first kappa shape index (κ1) is 16.4. The van der Waals surface area contributed by atoms with Gasteiger partial charge in [0.25, 0.3) is 0 Å². The molecule has 23 heavy (non-hydrogen) atoms. The number of anilines is 1. The summed E-state index contributed by atoms with van der Waals surface area (Å²) in [5, 5.41) is 0. The molecule has 0 fully saturated rings. The minimum absolute atomic E-state index is 0.322. The van der Waals surface area contributed by atoms with Crippen LogP contribution in [0.3, 0.4) is 0 Å². The zero-order chi connectivity index (χ0) is 16.8. The van der Waals surface area contributed by atoms with Crippen LogP contribution in [-0.2, 0) is 9.53 Å². The van der Waals surface area contributed by atoms with Gasteiger partial charge in [-0.15, -0.1) is 0 Å². The van der Waals surface area contributed by atoms with Crippen molar-refractivity contribution in [3.05, 3.63) is 48.6 Å². The topological polar surface area (TPSA) is 71.5 Å². The Balaban J connectivity index is 2.39. The number of aromatic nitrogens is 3. The van der Waals surface area contributed by atoms with E-state index in [1.807, 2.05) is 44.4 Å². The molecule has 0 spiro atoms. The highest BCUT2D eigenvalue weighted by molar-refractivity contribution is 5.91. The summed E-state index contributed by atoms with van der Waals surface area (Å²) in [6.07, 6.45) is 3.07. The monoisotopic (exact) mass is 313 g/mol. The molecule has 7 nitrogen and oxygen atoms in total. The Morgan fingerprint density at radius 2 is 1.83 bits per heavy atom. The van der Waals surface area contributed by atoms with Crippen LogP contribution < -0.4 is 4.90 Å². The minimum atomic E-state index is -0.470. The largest absolute Gasteiger partial charge is 0.464 e. The summed E-state index contributed by atoms with van der Waals surface area (Å²) in [4.78, 5) is 28.1. The van der Waals surface area contributed by atoms with E-state index in [0.717, 1.165) is 5.56 Å². The molecule has 0 aliphatic heterocycles. The van der Waals surface area contributed by atoms with E-state index in [4.69, 9.17) is 4.74 Å². The van der Waals surface area contributed by atoms with E-state index < -0.39 is 5.97 Å². The van der Waals surface area contributed by atoms with Crippen molar-refractivity contribution in [2.24, 2.45) is 0 Å². The van der Waals surface area contributed by atoms with Crippen LogP contribution in [0.4, 0.5) is 5.95 Å². The lowest BCUT2D eigenvalue weighted by Gasteiger charge is -2.20. The fourth-order valence-corrected chi connectivity index (χ4v) is 1.91. The summed E-state index contributed by atoms with van der Waals surface area (Å²) in [6, 6.07) is 9.57. The maximum absolute atomic E-state index is 12.0. The number of rotatable bonds is 5. The van der Waals surface area contributed by atoms with Crippen LogP contribution in [0, 0.1) is 0 Å². The van der Waals surface area contributed by atoms with E-state index in [2.05, 4.69) is 15.0 Å². The van der Waals surface area contributed by atoms with Crippen molar-refractivity contribution in [1.29, 1.82) is 0 Å². The van der Waals surface area contributed by atoms with Gasteiger partial charge in [0, 0.05) is 32.9 Å². The van der Waals surface area contributed by atoms with Gasteiger partial charge in [-0.05, 0) is 0 Å². The molecule has 7 heteroatoms. The van der Waals surface area contributed by atoms with Gasteiger partial charge in [-0.1, -0.05) is 30.3 Å². The number of ether oxygens (including phenoxy) is 1. The Kier molecular flexibility index (Phi) is 5.24. The Morgan fingerprint density at radius 3 is 2.43 bits per heavy atom. The van der Waals surface area contributed by atoms with E-state index >= 15 is 0 Å². The normalized spacial score (nSPS) is 11.0. The van der Waals surface area contributed by atoms with Crippen molar-refractivity contribution in [2.75, 3.05) is 33.2 Å². The minimum Gasteiger partial charge on any atom is -0.464 e. The summed E-state index contributed by atoms with van der Waals surface area (Å²) >= 11 is 0. The van der Waals surface area contributed by atoms with Crippen LogP contribution in [0.25, 0.3) is 11.4 Å². The highest BCUT2D eigenvalue weighted by Crippen LogP contribution is 2.18. The van der Waals surface area contributed by atoms with Gasteiger partial charge in [0.1, 0.15) is 12.0 Å². The molecule has 120 valence electrons. The van der Waals surface area contributed by atoms with Crippen molar-refractivity contribution >= 4 is 11.9 Å². The Bertz CT molecular complexity index is 701. The lowest BCUT2D eigenvalue weighted by Crippen LogP contribution is -2.27. The second-order valence-corrected chi connectivity index (χ2v) is 5.00. The standard InChI is InChI=1S/C16H19N5O2/c1-20(2)10-13(15(22)23-4)21(3)16-18-11-17-14(19-16)12-8-6-5-7-9-12/h5-11H,1-4H3. The molecule has 0 unspecified atom stereocenters. The SMILES string of the molecule is COC(=O)C(=CN(C)C)N(C)c1ncnc(-c2ccccc2)n1. The molecule has 0 saturated heterocycles. The number of nitrogens with zero attached hydrogens (tertiary/aromatic N) is 5. The molecule has 2 aromatic rings. The summed E-state index contributed by atoms with van der Waals surface area (Å²) < 4.78 is 4.82. The third kappa shape index (κ3) is 4.03. The fourth-order valence-electron chi connectivity index (χ4n) is 1.91. The lowest BCUT2D eigenvalue weighted by atomic mass is 10.2. The number of esters is 1. The molecule has 0 radical (unpaired) electrons. The van der Waals surface area contributed by atoms with Crippen LogP contribution in [-0.4, -0.2) is 54.1 Å². The van der Waals surface area contributed by atoms with E-state index in [-0.39, 0.29) is 0 Å². The predicted molar refractivity (Wildman–Crippen MR) is 87.5 cm³/mol. The fraction of sp³-hybridized carbons (Fsp3) is 0.250. The van der Waals surface area contributed by atoms with Gasteiger partial charge in [0.15, 0.2) is 5.82 Å². The molecule has 0 atom stereocenters. The van der Waals surface area contributed by atoms with Crippen molar-refractivity contribution in [3.63, 3.8) is 0 Å². The molecular weight excluding hydrogens is 294 g/mol. The molecule has 1 aromatic carbocycles. The number of benzene rings is 1. The van der Waals surface area contributed by atoms with Crippen molar-refractivity contribution < 1.29 is 9.53 Å². The summed E-state index contributed by atoms with van der Waals surface area (Å²) in [7, 11) is 6.68. The summed E-state index contributed by atoms with van der Waals surface area (Å²) in [5.41, 5.74) is 1.20. The van der Waals surface area contributed by atoms with Gasteiger partial charge in [0.2, 0.25) is 5.95 Å². The Labute approximate surface area is 135 Å². The second kappa shape index (κ2) is 7.35. The molecule has 0 bridgehead atoms. The first-order valence-corrected chi connectivity index (χ1v) is 6.97. The number of carbonyl (C=O) groups is 1. The Hall–Kier alpha value is -2.96. The van der Waals surface area contributed by atoms with Gasteiger partial charge in [-0.3, -0.25) is 0 Å². The predicted octanol–water partition coefficient (Wildman–Crippen LogP) is 1.55. The van der Waals surface area contributed by atoms with Gasteiger partial charge in [-0.2, -0.15) is 4.98 Å². The number of methoxy groups -OCH3 is 1. The van der Waals surface area contributed by atoms with E-state index in [1.165, 1.54) is 13.4 Å². The summed E-state index contributed by atoms with van der Waals surface area (Å²) in [6.45, 7) is 0. The molecule has 0 saturated carbocycles. The maximum atomic E-state index is 12.0. The highest BCUT2D eigenvalue weighted by atomic mass is 16.5. The molecular formula is C16H19N5O2. The molecule has 1 heterocycles. The molecule has 1 aromatic heterocycles. The van der Waals surface area contributed by atoms with E-state index in [0.29, 0.717) is 17.5 Å². The zero-order valence-electron chi connectivity index (χ0n) is 13.6. The number of hydrogen-bond donors (Lipinski definition) is 0. The van der Waals surface area contributed by atoms with Crippen LogP contribution in [0.2, 0.25) is 0 Å². The van der Waals surface area contributed by atoms with Crippen LogP contribution >= 0.6 is 0 Å². The highest BCUT2D eigenvalue weighted by Gasteiger charge is 2.19. The maximum Gasteiger partial charge on any atom is 0.356 e. The smallest absolute Gasteiger partial charge is 0.356 e. The molecule has 0 aliphatic rings. The van der Waals surface area contributed by atoms with Gasteiger partial charge >= 0.3 is 5.97 Å². The van der Waals surface area contributed by atoms with Crippen LogP contribution in [0.1, 0.15) is 0 Å². The van der Waals surface area contributed by atoms with E-state index in [1.54, 1.807) is 23.0 Å². The lowest BCUT2D eigenvalue weighted by molar-refractivity contribution is -0.136. The average Bonchev–Trinajstić information content (AvgIpc) is 2.59. The van der Waals surface area contributed by atoms with Crippen molar-refractivity contribution in [1.82, 2.24) is 19.9 Å². The van der Waals surface area contributed by atoms with Gasteiger partial charge in [-0.25, -0.2) is 14.8 Å². The first-order chi connectivity index (χ1) is 11.0. The molecule has 2 rings (SSSR count). The van der Waals surface area contributed by atoms with Crippen molar-refractivity contribution in [2.45, 2.75) is 0 Å². The third-order valence-corrected chi connectivity index (χ3v) is 3.03. The number of carbonyl (C=O) groups excluding carboxylic acids is 1. The van der Waals surface area contributed by atoms with Crippen LogP contribution in [0.15, 0.2) is 48.6 Å². The quantitative estimate of drug-likeness (QED) is 0.612. The Morgan fingerprint density at radius 1 is 1.13 bits per heavy atom. The number of likely N-dealkylation sites (N-methyl/N-ethyl adjacent to an activating group) is 1. The third-order valence-electron chi connectivity index (χ3n) is 3.03. The zero-order valence-corrected chi connectivity index (χ0v) is 13.6. The number of hydrogen-bond acceptors (Lipinski definition) is 7. The first-order valence-electron chi connectivity index (χ1n) is 6.97. The summed E-state index contributed by atoms with van der Waals surface area (Å²) in [5.74, 6) is 0.428. The van der Waals surface area contributed by atoms with Gasteiger partial charge < -0.3 is 14.5 Å². The van der Waals surface area contributed by atoms with E-state index in [9.17, 15) is 4.79 Å².